The highest BCUT2D eigenvalue weighted by molar-refractivity contribution is 7.89. The van der Waals surface area contributed by atoms with Gasteiger partial charge < -0.3 is 20.4 Å². The fraction of sp³-hybridized carbons (Fsp3) is 0.357. The molecule has 1 saturated heterocycles. The number of fused-ring (bicyclic) bond motifs is 1. The second-order valence-corrected chi connectivity index (χ2v) is 13.0. The third-order valence-electron chi connectivity index (χ3n) is 7.31. The van der Waals surface area contributed by atoms with Gasteiger partial charge in [0.05, 0.1) is 17.0 Å². The molecule has 3 heterocycles. The minimum absolute atomic E-state index is 0.133. The molecule has 1 fully saturated rings. The Kier molecular flexibility index (Phi) is 7.64. The summed E-state index contributed by atoms with van der Waals surface area (Å²) in [6.07, 6.45) is 4.30. The quantitative estimate of drug-likeness (QED) is 0.178. The van der Waals surface area contributed by atoms with E-state index >= 15 is 0 Å². The average molecular weight is 589 g/mol. The van der Waals surface area contributed by atoms with Gasteiger partial charge in [-0.15, -0.1) is 0 Å². The topological polar surface area (TPSA) is 127 Å². The number of hydrogen-bond acceptors (Lipinski definition) is 8. The van der Waals surface area contributed by atoms with E-state index in [-0.39, 0.29) is 23.1 Å². The van der Waals surface area contributed by atoms with Crippen molar-refractivity contribution in [1.82, 2.24) is 9.88 Å². The molecule has 0 amide bonds. The third kappa shape index (κ3) is 5.86. The molecule has 0 unspecified atom stereocenters. The van der Waals surface area contributed by atoms with Crippen LogP contribution in [0.15, 0.2) is 53.8 Å². The van der Waals surface area contributed by atoms with Crippen LogP contribution in [0.1, 0.15) is 53.6 Å². The Balaban J connectivity index is 1.30. The number of amidine groups is 1. The van der Waals surface area contributed by atoms with E-state index in [0.717, 1.165) is 37.8 Å². The van der Waals surface area contributed by atoms with Gasteiger partial charge in [0.15, 0.2) is 27.2 Å². The van der Waals surface area contributed by atoms with Crippen molar-refractivity contribution >= 4 is 27.3 Å². The second kappa shape index (κ2) is 10.9. The van der Waals surface area contributed by atoms with Gasteiger partial charge in [0.25, 0.3) is 5.79 Å². The Morgan fingerprint density at radius 2 is 2.00 bits per heavy atom. The van der Waals surface area contributed by atoms with E-state index in [4.69, 9.17) is 32.0 Å². The van der Waals surface area contributed by atoms with Crippen molar-refractivity contribution in [3.05, 3.63) is 87.4 Å². The maximum Gasteiger partial charge on any atom is 0.278 e. The number of ether oxygens (including phenoxy) is 2. The van der Waals surface area contributed by atoms with Crippen LogP contribution in [-0.2, 0) is 27.9 Å². The number of likely N-dealkylation sites (tertiary alicyclic amines) is 1. The molecule has 212 valence electrons. The third-order valence-corrected chi connectivity index (χ3v) is 8.38. The average Bonchev–Trinajstić information content (AvgIpc) is 3.25. The van der Waals surface area contributed by atoms with Gasteiger partial charge in [0, 0.05) is 42.1 Å². The smallest absolute Gasteiger partial charge is 0.278 e. The molecule has 12 heteroatoms. The van der Waals surface area contributed by atoms with Crippen molar-refractivity contribution in [1.29, 1.82) is 0 Å². The molecule has 0 aliphatic carbocycles. The molecule has 0 bridgehead atoms. The standard InChI is InChI=1S/C28H30ClFN4O5S/c1-28(22-7-6-20(29)13-23(22)30)38-25-5-3-4-21(26(25)39-28)17-8-10-34(11-9-17)15-24-19(16-40(2,36)37)12-18(14-32-24)27(31)33-35/h3-7,12-14,17,35H,8-11,15-16H2,1-2H3,(H2,31,33)/t28-/m0/s1. The highest BCUT2D eigenvalue weighted by atomic mass is 35.5. The van der Waals surface area contributed by atoms with Gasteiger partial charge in [-0.3, -0.25) is 9.88 Å². The summed E-state index contributed by atoms with van der Waals surface area (Å²) >= 11 is 5.93. The molecule has 2 aliphatic rings. The van der Waals surface area contributed by atoms with Crippen LogP contribution in [-0.4, -0.2) is 48.7 Å². The minimum atomic E-state index is -3.33. The molecular formula is C28H30ClFN4O5S. The van der Waals surface area contributed by atoms with Crippen LogP contribution in [0.4, 0.5) is 4.39 Å². The van der Waals surface area contributed by atoms with Crippen LogP contribution >= 0.6 is 11.6 Å². The monoisotopic (exact) mass is 588 g/mol. The number of oxime groups is 1. The van der Waals surface area contributed by atoms with Crippen LogP contribution in [0.25, 0.3) is 0 Å². The van der Waals surface area contributed by atoms with E-state index in [9.17, 15) is 12.8 Å². The van der Waals surface area contributed by atoms with Crippen molar-refractivity contribution in [3.8, 4) is 11.5 Å². The van der Waals surface area contributed by atoms with Gasteiger partial charge in [-0.2, -0.15) is 0 Å². The minimum Gasteiger partial charge on any atom is -0.444 e. The predicted molar refractivity (Wildman–Crippen MR) is 149 cm³/mol. The van der Waals surface area contributed by atoms with Crippen molar-refractivity contribution in [2.75, 3.05) is 19.3 Å². The molecule has 2 aliphatic heterocycles. The number of pyridine rings is 1. The molecule has 0 spiro atoms. The molecule has 0 saturated carbocycles. The summed E-state index contributed by atoms with van der Waals surface area (Å²) in [4.78, 5) is 6.68. The lowest BCUT2D eigenvalue weighted by Gasteiger charge is -2.33. The summed E-state index contributed by atoms with van der Waals surface area (Å²) in [5.74, 6) is -0.763. The van der Waals surface area contributed by atoms with Gasteiger partial charge in [0.2, 0.25) is 0 Å². The first kappa shape index (κ1) is 28.1. The number of nitrogens with two attached hydrogens (primary N) is 1. The number of halogens is 2. The number of rotatable bonds is 7. The summed E-state index contributed by atoms with van der Waals surface area (Å²) < 4.78 is 51.3. The molecule has 1 aromatic heterocycles. The van der Waals surface area contributed by atoms with E-state index < -0.39 is 21.4 Å². The highest BCUT2D eigenvalue weighted by Crippen LogP contribution is 2.49. The molecule has 9 nitrogen and oxygen atoms in total. The van der Waals surface area contributed by atoms with Gasteiger partial charge in [-0.1, -0.05) is 28.9 Å². The predicted octanol–water partition coefficient (Wildman–Crippen LogP) is 4.54. The van der Waals surface area contributed by atoms with Crippen LogP contribution in [0.2, 0.25) is 5.02 Å². The van der Waals surface area contributed by atoms with Gasteiger partial charge in [-0.05, 0) is 67.7 Å². The molecule has 3 aromatic rings. The van der Waals surface area contributed by atoms with Crippen LogP contribution in [0.5, 0.6) is 11.5 Å². The number of para-hydroxylation sites is 1. The van der Waals surface area contributed by atoms with Gasteiger partial charge in [0.1, 0.15) is 5.82 Å². The number of benzene rings is 2. The number of piperidine rings is 1. The summed E-state index contributed by atoms with van der Waals surface area (Å²) in [7, 11) is -3.33. The summed E-state index contributed by atoms with van der Waals surface area (Å²) in [6.45, 7) is 3.66. The molecule has 40 heavy (non-hydrogen) atoms. The number of aromatic nitrogens is 1. The van der Waals surface area contributed by atoms with Crippen molar-refractivity contribution < 1.29 is 27.5 Å². The fourth-order valence-electron chi connectivity index (χ4n) is 5.34. The number of hydrogen-bond donors (Lipinski definition) is 2. The molecule has 1 atom stereocenters. The fourth-order valence-corrected chi connectivity index (χ4v) is 6.31. The maximum absolute atomic E-state index is 14.7. The molecular weight excluding hydrogens is 559 g/mol. The second-order valence-electron chi connectivity index (χ2n) is 10.4. The zero-order chi connectivity index (χ0) is 28.7. The Hall–Kier alpha value is -3.41. The maximum atomic E-state index is 14.7. The van der Waals surface area contributed by atoms with Gasteiger partial charge >= 0.3 is 0 Å². The molecule has 3 N–H and O–H groups in total. The van der Waals surface area contributed by atoms with E-state index in [2.05, 4.69) is 15.0 Å². The molecule has 5 rings (SSSR count). The van der Waals surface area contributed by atoms with Crippen LogP contribution in [0, 0.1) is 5.82 Å². The SMILES string of the molecule is C[C@]1(c2ccc(Cl)cc2F)Oc2cccc(C3CCN(Cc4ncc(/C(N)=N/O)cc4CS(C)(=O)=O)CC3)c2O1. The lowest BCUT2D eigenvalue weighted by Crippen LogP contribution is -2.34. The molecule has 0 radical (unpaired) electrons. The van der Waals surface area contributed by atoms with Crippen LogP contribution in [0.3, 0.4) is 0 Å². The Morgan fingerprint density at radius 1 is 1.25 bits per heavy atom. The largest absolute Gasteiger partial charge is 0.444 e. The Morgan fingerprint density at radius 3 is 2.67 bits per heavy atom. The summed E-state index contributed by atoms with van der Waals surface area (Å²) in [6, 6.07) is 11.8. The highest BCUT2D eigenvalue weighted by Gasteiger charge is 2.43. The van der Waals surface area contributed by atoms with E-state index in [1.165, 1.54) is 12.3 Å². The first-order valence-corrected chi connectivity index (χ1v) is 15.2. The van der Waals surface area contributed by atoms with E-state index in [1.54, 1.807) is 25.1 Å². The van der Waals surface area contributed by atoms with Crippen molar-refractivity contribution in [3.63, 3.8) is 0 Å². The van der Waals surface area contributed by atoms with Crippen LogP contribution < -0.4 is 15.2 Å². The van der Waals surface area contributed by atoms with Gasteiger partial charge in [-0.25, -0.2) is 12.8 Å². The Labute approximate surface area is 237 Å². The first-order chi connectivity index (χ1) is 19.0. The van der Waals surface area contributed by atoms with E-state index in [0.29, 0.717) is 39.9 Å². The zero-order valence-corrected chi connectivity index (χ0v) is 23.7. The first-order valence-electron chi connectivity index (χ1n) is 12.8. The number of nitrogens with zero attached hydrogens (tertiary/aromatic N) is 3. The molecule has 2 aromatic carbocycles. The lowest BCUT2D eigenvalue weighted by molar-refractivity contribution is -0.0712. The summed E-state index contributed by atoms with van der Waals surface area (Å²) in [5, 5.41) is 12.3. The lowest BCUT2D eigenvalue weighted by atomic mass is 9.88. The van der Waals surface area contributed by atoms with E-state index in [1.807, 2.05) is 18.2 Å². The van der Waals surface area contributed by atoms with Crippen molar-refractivity contribution in [2.24, 2.45) is 10.9 Å². The normalized spacial score (nSPS) is 20.1. The zero-order valence-electron chi connectivity index (χ0n) is 22.1. The summed E-state index contributed by atoms with van der Waals surface area (Å²) in [5.41, 5.74) is 8.48. The number of sulfone groups is 1. The van der Waals surface area contributed by atoms with Crippen molar-refractivity contribution in [2.45, 2.75) is 43.8 Å². The Bertz CT molecular complexity index is 1580.